The van der Waals surface area contributed by atoms with Crippen LogP contribution in [0.25, 0.3) is 0 Å². The molecule has 2 heterocycles. The Hall–Kier alpha value is -1.13. The normalized spacial score (nSPS) is 18.2. The van der Waals surface area contributed by atoms with Crippen molar-refractivity contribution in [1.82, 2.24) is 14.8 Å². The number of anilines is 1. The minimum absolute atomic E-state index is 0.923. The Bertz CT molecular complexity index is 345. The van der Waals surface area contributed by atoms with Gasteiger partial charge in [0.05, 0.1) is 0 Å². The molecule has 0 aromatic carbocycles. The lowest BCUT2D eigenvalue weighted by atomic mass is 10.2. The van der Waals surface area contributed by atoms with Gasteiger partial charge in [-0.05, 0) is 20.0 Å². The molecule has 1 fully saturated rings. The summed E-state index contributed by atoms with van der Waals surface area (Å²) in [6.07, 6.45) is 1.85. The fourth-order valence-corrected chi connectivity index (χ4v) is 2.14. The molecule has 0 bridgehead atoms. The van der Waals surface area contributed by atoms with E-state index >= 15 is 0 Å². The molecular formula is C13H22N4. The summed E-state index contributed by atoms with van der Waals surface area (Å²) in [7, 11) is 2.19. The van der Waals surface area contributed by atoms with Gasteiger partial charge in [0.15, 0.2) is 0 Å². The van der Waals surface area contributed by atoms with Crippen LogP contribution < -0.4 is 5.32 Å². The molecule has 0 saturated carbocycles. The van der Waals surface area contributed by atoms with Crippen molar-refractivity contribution in [2.75, 3.05) is 45.1 Å². The van der Waals surface area contributed by atoms with E-state index in [9.17, 15) is 0 Å². The average Bonchev–Trinajstić information content (AvgIpc) is 2.35. The summed E-state index contributed by atoms with van der Waals surface area (Å²) in [5.74, 6) is 1.04. The fraction of sp³-hybridized carbons (Fsp3) is 0.615. The summed E-state index contributed by atoms with van der Waals surface area (Å²) in [4.78, 5) is 9.28. The van der Waals surface area contributed by atoms with Gasteiger partial charge in [-0.1, -0.05) is 6.07 Å². The van der Waals surface area contributed by atoms with E-state index in [4.69, 9.17) is 0 Å². The number of rotatable bonds is 4. The van der Waals surface area contributed by atoms with Gasteiger partial charge in [0, 0.05) is 51.0 Å². The van der Waals surface area contributed by atoms with Crippen molar-refractivity contribution in [1.29, 1.82) is 0 Å². The molecule has 1 saturated heterocycles. The van der Waals surface area contributed by atoms with Gasteiger partial charge in [-0.2, -0.15) is 0 Å². The van der Waals surface area contributed by atoms with Crippen molar-refractivity contribution in [2.24, 2.45) is 0 Å². The maximum Gasteiger partial charge on any atom is 0.130 e. The van der Waals surface area contributed by atoms with Crippen LogP contribution in [-0.4, -0.2) is 54.6 Å². The standard InChI is InChI=1S/C13H22N4/c1-3-14-13-12(5-4-6-15-13)11-17-9-7-16(2)8-10-17/h4-6H,3,7-11H2,1-2H3,(H,14,15). The highest BCUT2D eigenvalue weighted by atomic mass is 15.2. The maximum absolute atomic E-state index is 4.40. The number of piperazine rings is 1. The smallest absolute Gasteiger partial charge is 0.130 e. The molecule has 0 radical (unpaired) electrons. The third kappa shape index (κ3) is 3.41. The van der Waals surface area contributed by atoms with E-state index in [-0.39, 0.29) is 0 Å². The number of nitrogens with zero attached hydrogens (tertiary/aromatic N) is 3. The quantitative estimate of drug-likeness (QED) is 0.850. The number of aromatic nitrogens is 1. The topological polar surface area (TPSA) is 31.4 Å². The van der Waals surface area contributed by atoms with E-state index in [1.54, 1.807) is 0 Å². The molecule has 4 nitrogen and oxygen atoms in total. The monoisotopic (exact) mass is 234 g/mol. The van der Waals surface area contributed by atoms with Crippen molar-refractivity contribution in [3.63, 3.8) is 0 Å². The molecule has 0 spiro atoms. The summed E-state index contributed by atoms with van der Waals surface area (Å²) < 4.78 is 0. The van der Waals surface area contributed by atoms with Crippen molar-refractivity contribution in [3.8, 4) is 0 Å². The Kier molecular flexibility index (Phi) is 4.34. The van der Waals surface area contributed by atoms with Crippen LogP contribution in [0.2, 0.25) is 0 Å². The maximum atomic E-state index is 4.40. The molecule has 1 aliphatic heterocycles. The molecule has 1 aromatic heterocycles. The highest BCUT2D eigenvalue weighted by molar-refractivity contribution is 5.43. The van der Waals surface area contributed by atoms with Gasteiger partial charge >= 0.3 is 0 Å². The predicted molar refractivity (Wildman–Crippen MR) is 71.2 cm³/mol. The Balaban J connectivity index is 1.98. The molecule has 0 aliphatic carbocycles. The van der Waals surface area contributed by atoms with Crippen LogP contribution in [0.3, 0.4) is 0 Å². The molecule has 0 amide bonds. The number of hydrogen-bond acceptors (Lipinski definition) is 4. The van der Waals surface area contributed by atoms with E-state index in [0.717, 1.165) is 45.1 Å². The van der Waals surface area contributed by atoms with Crippen LogP contribution in [0.5, 0.6) is 0 Å². The zero-order chi connectivity index (χ0) is 12.1. The second-order valence-corrected chi connectivity index (χ2v) is 4.62. The van der Waals surface area contributed by atoms with Crippen molar-refractivity contribution in [2.45, 2.75) is 13.5 Å². The van der Waals surface area contributed by atoms with Gasteiger partial charge < -0.3 is 10.2 Å². The van der Waals surface area contributed by atoms with E-state index in [2.05, 4.69) is 40.1 Å². The largest absolute Gasteiger partial charge is 0.370 e. The van der Waals surface area contributed by atoms with E-state index < -0.39 is 0 Å². The second kappa shape index (κ2) is 5.98. The SMILES string of the molecule is CCNc1ncccc1CN1CCN(C)CC1. The summed E-state index contributed by atoms with van der Waals surface area (Å²) in [5.41, 5.74) is 1.30. The van der Waals surface area contributed by atoms with Crippen molar-refractivity contribution < 1.29 is 0 Å². The van der Waals surface area contributed by atoms with Gasteiger partial charge in [0.2, 0.25) is 0 Å². The Morgan fingerprint density at radius 3 is 2.76 bits per heavy atom. The average molecular weight is 234 g/mol. The lowest BCUT2D eigenvalue weighted by Crippen LogP contribution is -2.43. The molecule has 4 heteroatoms. The number of pyridine rings is 1. The first kappa shape index (κ1) is 12.3. The van der Waals surface area contributed by atoms with Gasteiger partial charge in [0.1, 0.15) is 5.82 Å². The van der Waals surface area contributed by atoms with Crippen LogP contribution in [-0.2, 0) is 6.54 Å². The molecule has 0 unspecified atom stereocenters. The molecule has 2 rings (SSSR count). The first-order valence-electron chi connectivity index (χ1n) is 6.38. The van der Waals surface area contributed by atoms with Crippen molar-refractivity contribution >= 4 is 5.82 Å². The van der Waals surface area contributed by atoms with Crippen LogP contribution in [0.15, 0.2) is 18.3 Å². The summed E-state index contributed by atoms with van der Waals surface area (Å²) in [5, 5.41) is 3.33. The zero-order valence-corrected chi connectivity index (χ0v) is 10.8. The summed E-state index contributed by atoms with van der Waals surface area (Å²) in [6, 6.07) is 4.19. The van der Waals surface area contributed by atoms with Crippen LogP contribution in [0.1, 0.15) is 12.5 Å². The Morgan fingerprint density at radius 2 is 2.06 bits per heavy atom. The second-order valence-electron chi connectivity index (χ2n) is 4.62. The zero-order valence-electron chi connectivity index (χ0n) is 10.8. The third-order valence-electron chi connectivity index (χ3n) is 3.23. The lowest BCUT2D eigenvalue weighted by molar-refractivity contribution is 0.148. The minimum Gasteiger partial charge on any atom is -0.370 e. The van der Waals surface area contributed by atoms with Crippen LogP contribution >= 0.6 is 0 Å². The van der Waals surface area contributed by atoms with Gasteiger partial charge in [-0.25, -0.2) is 4.98 Å². The minimum atomic E-state index is 0.923. The molecule has 1 N–H and O–H groups in total. The molecule has 0 atom stereocenters. The number of likely N-dealkylation sites (N-methyl/N-ethyl adjacent to an activating group) is 1. The van der Waals surface area contributed by atoms with Crippen molar-refractivity contribution in [3.05, 3.63) is 23.9 Å². The van der Waals surface area contributed by atoms with Gasteiger partial charge in [-0.3, -0.25) is 4.90 Å². The van der Waals surface area contributed by atoms with Gasteiger partial charge in [0.25, 0.3) is 0 Å². The fourth-order valence-electron chi connectivity index (χ4n) is 2.14. The lowest BCUT2D eigenvalue weighted by Gasteiger charge is -2.32. The Morgan fingerprint density at radius 1 is 1.29 bits per heavy atom. The van der Waals surface area contributed by atoms with Gasteiger partial charge in [-0.15, -0.1) is 0 Å². The van der Waals surface area contributed by atoms with Crippen LogP contribution in [0, 0.1) is 0 Å². The first-order valence-corrected chi connectivity index (χ1v) is 6.38. The predicted octanol–water partition coefficient (Wildman–Crippen LogP) is 1.26. The number of hydrogen-bond donors (Lipinski definition) is 1. The summed E-state index contributed by atoms with van der Waals surface area (Å²) in [6.45, 7) is 8.66. The molecule has 1 aliphatic rings. The Labute approximate surface area is 104 Å². The molecule has 94 valence electrons. The highest BCUT2D eigenvalue weighted by Gasteiger charge is 2.15. The summed E-state index contributed by atoms with van der Waals surface area (Å²) >= 11 is 0. The molecule has 1 aromatic rings. The van der Waals surface area contributed by atoms with E-state index in [0.29, 0.717) is 0 Å². The van der Waals surface area contributed by atoms with E-state index in [1.165, 1.54) is 5.56 Å². The molecule has 17 heavy (non-hydrogen) atoms. The molecular weight excluding hydrogens is 212 g/mol. The third-order valence-corrected chi connectivity index (χ3v) is 3.23. The van der Waals surface area contributed by atoms with Crippen LogP contribution in [0.4, 0.5) is 5.82 Å². The number of nitrogens with one attached hydrogen (secondary N) is 1. The first-order chi connectivity index (χ1) is 8.29. The van der Waals surface area contributed by atoms with E-state index in [1.807, 2.05) is 12.3 Å². The highest BCUT2D eigenvalue weighted by Crippen LogP contribution is 2.14.